The lowest BCUT2D eigenvalue weighted by Gasteiger charge is -2.23. The summed E-state index contributed by atoms with van der Waals surface area (Å²) >= 11 is 3.20. The predicted octanol–water partition coefficient (Wildman–Crippen LogP) is 2.91. The van der Waals surface area contributed by atoms with E-state index in [1.165, 1.54) is 6.07 Å². The van der Waals surface area contributed by atoms with Crippen LogP contribution in [0.3, 0.4) is 0 Å². The van der Waals surface area contributed by atoms with Crippen molar-refractivity contribution in [2.24, 2.45) is 0 Å². The molecule has 1 aromatic carbocycles. The van der Waals surface area contributed by atoms with Crippen molar-refractivity contribution in [3.05, 3.63) is 28.2 Å². The summed E-state index contributed by atoms with van der Waals surface area (Å²) < 4.78 is 5.62. The molecule has 0 saturated carbocycles. The van der Waals surface area contributed by atoms with E-state index in [4.69, 9.17) is 4.74 Å². The molecule has 19 heavy (non-hydrogen) atoms. The minimum Gasteiger partial charge on any atom is -0.443 e. The quantitative estimate of drug-likeness (QED) is 0.688. The van der Waals surface area contributed by atoms with E-state index in [9.17, 15) is 14.4 Å². The molecule has 6 heteroatoms. The summed E-state index contributed by atoms with van der Waals surface area (Å²) in [6.07, 6.45) is -0.845. The maximum Gasteiger partial charge on any atom is 0.422 e. The van der Waals surface area contributed by atoms with Crippen LogP contribution in [0.4, 0.5) is 10.5 Å². The predicted molar refractivity (Wildman–Crippen MR) is 72.2 cm³/mol. The van der Waals surface area contributed by atoms with Gasteiger partial charge in [-0.2, -0.15) is 0 Å². The Bertz CT molecular complexity index is 589. The Balaban J connectivity index is 2.45. The van der Waals surface area contributed by atoms with E-state index in [2.05, 4.69) is 15.9 Å². The summed E-state index contributed by atoms with van der Waals surface area (Å²) in [7, 11) is 0. The van der Waals surface area contributed by atoms with Gasteiger partial charge in [-0.3, -0.25) is 9.59 Å². The fraction of sp³-hybridized carbons (Fsp3) is 0.308. The molecule has 0 spiro atoms. The van der Waals surface area contributed by atoms with E-state index >= 15 is 0 Å². The third kappa shape index (κ3) is 2.40. The zero-order valence-electron chi connectivity index (χ0n) is 10.7. The molecule has 100 valence electrons. The highest BCUT2D eigenvalue weighted by Gasteiger charge is 2.42. The Morgan fingerprint density at radius 1 is 1.26 bits per heavy atom. The zero-order valence-corrected chi connectivity index (χ0v) is 12.3. The molecule has 5 nitrogen and oxygen atoms in total. The molecule has 2 amide bonds. The van der Waals surface area contributed by atoms with Crippen LogP contribution in [0.25, 0.3) is 0 Å². The number of ether oxygens (including phenoxy) is 1. The van der Waals surface area contributed by atoms with E-state index in [1.54, 1.807) is 32.9 Å². The number of amides is 2. The standard InChI is InChI=1S/C13H12BrNO4/c1-13(2,3)19-12(18)15-8-6-4-5-7(14)9(8)10(16)11(15)17/h4-6H,1-3H3. The molecule has 0 saturated heterocycles. The van der Waals surface area contributed by atoms with E-state index in [0.717, 1.165) is 4.90 Å². The number of hydrogen-bond donors (Lipinski definition) is 0. The first-order valence-electron chi connectivity index (χ1n) is 5.62. The van der Waals surface area contributed by atoms with E-state index in [-0.39, 0.29) is 11.3 Å². The number of rotatable bonds is 0. The highest BCUT2D eigenvalue weighted by molar-refractivity contribution is 9.10. The highest BCUT2D eigenvalue weighted by Crippen LogP contribution is 2.35. The minimum atomic E-state index is -0.892. The summed E-state index contributed by atoms with van der Waals surface area (Å²) in [6.45, 7) is 5.07. The number of fused-ring (bicyclic) bond motifs is 1. The molecule has 0 radical (unpaired) electrons. The minimum absolute atomic E-state index is 0.193. The van der Waals surface area contributed by atoms with Crippen molar-refractivity contribution < 1.29 is 19.1 Å². The fourth-order valence-electron chi connectivity index (χ4n) is 1.73. The molecule has 1 aliphatic rings. The Kier molecular flexibility index (Phi) is 3.22. The molecule has 2 rings (SSSR count). The first-order chi connectivity index (χ1) is 8.72. The topological polar surface area (TPSA) is 63.7 Å². The molecule has 0 unspecified atom stereocenters. The van der Waals surface area contributed by atoms with Gasteiger partial charge in [-0.25, -0.2) is 9.69 Å². The first-order valence-corrected chi connectivity index (χ1v) is 6.42. The molecule has 0 N–H and O–H groups in total. The van der Waals surface area contributed by atoms with Crippen molar-refractivity contribution in [2.75, 3.05) is 4.90 Å². The van der Waals surface area contributed by atoms with Crippen LogP contribution in [0.5, 0.6) is 0 Å². The second kappa shape index (κ2) is 4.45. The second-order valence-electron chi connectivity index (χ2n) is 5.08. The van der Waals surface area contributed by atoms with Gasteiger partial charge in [0.25, 0.3) is 5.78 Å². The monoisotopic (exact) mass is 325 g/mol. The van der Waals surface area contributed by atoms with Gasteiger partial charge < -0.3 is 4.74 Å². The number of nitrogens with zero attached hydrogens (tertiary/aromatic N) is 1. The van der Waals surface area contributed by atoms with Crippen LogP contribution in [0.15, 0.2) is 22.7 Å². The molecule has 0 fully saturated rings. The number of anilines is 1. The van der Waals surface area contributed by atoms with E-state index < -0.39 is 23.4 Å². The number of ketones is 1. The number of benzene rings is 1. The van der Waals surface area contributed by atoms with E-state index in [0.29, 0.717) is 4.47 Å². The van der Waals surface area contributed by atoms with Crippen LogP contribution in [0, 0.1) is 0 Å². The van der Waals surface area contributed by atoms with Gasteiger partial charge in [-0.1, -0.05) is 6.07 Å². The average molecular weight is 326 g/mol. The molecular weight excluding hydrogens is 314 g/mol. The largest absolute Gasteiger partial charge is 0.443 e. The van der Waals surface area contributed by atoms with Gasteiger partial charge in [-0.05, 0) is 48.8 Å². The third-order valence-electron chi connectivity index (χ3n) is 2.43. The number of carbonyl (C=O) groups excluding carboxylic acids is 3. The smallest absolute Gasteiger partial charge is 0.422 e. The molecule has 0 atom stereocenters. The maximum absolute atomic E-state index is 12.0. The lowest BCUT2D eigenvalue weighted by Crippen LogP contribution is -2.40. The van der Waals surface area contributed by atoms with Crippen LogP contribution in [0.1, 0.15) is 31.1 Å². The Morgan fingerprint density at radius 2 is 1.89 bits per heavy atom. The number of Topliss-reactive ketones (excluding diaryl/α,β-unsaturated/α-hetero) is 1. The summed E-state index contributed by atoms with van der Waals surface area (Å²) in [6, 6.07) is 4.82. The van der Waals surface area contributed by atoms with Crippen molar-refractivity contribution >= 4 is 39.4 Å². The summed E-state index contributed by atoms with van der Waals surface area (Å²) in [4.78, 5) is 36.5. The van der Waals surface area contributed by atoms with Crippen LogP contribution in [-0.4, -0.2) is 23.4 Å². The Hall–Kier alpha value is -1.69. The molecule has 1 heterocycles. The Labute approximate surface area is 118 Å². The molecule has 0 aliphatic carbocycles. The van der Waals surface area contributed by atoms with Crippen molar-refractivity contribution in [2.45, 2.75) is 26.4 Å². The molecule has 1 aromatic rings. The summed E-state index contributed by atoms with van der Waals surface area (Å²) in [5, 5.41) is 0. The SMILES string of the molecule is CC(C)(C)OC(=O)N1C(=O)C(=O)c2c(Br)cccc21. The maximum atomic E-state index is 12.0. The van der Waals surface area contributed by atoms with Crippen molar-refractivity contribution in [1.29, 1.82) is 0 Å². The first kappa shape index (κ1) is 13.7. The average Bonchev–Trinajstić information content (AvgIpc) is 2.50. The number of hydrogen-bond acceptors (Lipinski definition) is 4. The van der Waals surface area contributed by atoms with E-state index in [1.807, 2.05) is 0 Å². The van der Waals surface area contributed by atoms with Gasteiger partial charge in [-0.15, -0.1) is 0 Å². The van der Waals surface area contributed by atoms with Gasteiger partial charge in [0.05, 0.1) is 11.3 Å². The summed E-state index contributed by atoms with van der Waals surface area (Å²) in [5.74, 6) is -1.61. The van der Waals surface area contributed by atoms with Gasteiger partial charge in [0.15, 0.2) is 0 Å². The van der Waals surface area contributed by atoms with Crippen molar-refractivity contribution in [3.8, 4) is 0 Å². The van der Waals surface area contributed by atoms with Gasteiger partial charge in [0.1, 0.15) is 5.60 Å². The van der Waals surface area contributed by atoms with Gasteiger partial charge >= 0.3 is 12.0 Å². The number of halogens is 1. The number of carbonyl (C=O) groups is 3. The van der Waals surface area contributed by atoms with Crippen molar-refractivity contribution in [3.63, 3.8) is 0 Å². The second-order valence-corrected chi connectivity index (χ2v) is 5.94. The molecule has 0 bridgehead atoms. The highest BCUT2D eigenvalue weighted by atomic mass is 79.9. The molecule has 0 aromatic heterocycles. The lowest BCUT2D eigenvalue weighted by molar-refractivity contribution is -0.114. The van der Waals surface area contributed by atoms with Crippen LogP contribution in [-0.2, 0) is 9.53 Å². The van der Waals surface area contributed by atoms with Crippen molar-refractivity contribution in [1.82, 2.24) is 0 Å². The summed E-state index contributed by atoms with van der Waals surface area (Å²) in [5.41, 5.74) is -0.299. The van der Waals surface area contributed by atoms with Crippen LogP contribution in [0.2, 0.25) is 0 Å². The van der Waals surface area contributed by atoms with Crippen LogP contribution < -0.4 is 4.90 Å². The molecule has 1 aliphatic heterocycles. The van der Waals surface area contributed by atoms with Crippen LogP contribution >= 0.6 is 15.9 Å². The Morgan fingerprint density at radius 3 is 2.47 bits per heavy atom. The molecular formula is C13H12BrNO4. The lowest BCUT2D eigenvalue weighted by atomic mass is 10.1. The number of imide groups is 1. The van der Waals surface area contributed by atoms with Gasteiger partial charge in [0, 0.05) is 4.47 Å². The van der Waals surface area contributed by atoms with Gasteiger partial charge in [0.2, 0.25) is 0 Å². The third-order valence-corrected chi connectivity index (χ3v) is 3.09. The zero-order chi connectivity index (χ0) is 14.4. The fourth-order valence-corrected chi connectivity index (χ4v) is 2.27. The normalized spacial score (nSPS) is 14.6.